The van der Waals surface area contributed by atoms with E-state index in [2.05, 4.69) is 69.6 Å². The van der Waals surface area contributed by atoms with Gasteiger partial charge >= 0.3 is 0 Å². The Morgan fingerprint density at radius 1 is 1.10 bits per heavy atom. The third-order valence-corrected chi connectivity index (χ3v) is 4.27. The van der Waals surface area contributed by atoms with Crippen LogP contribution in [0.3, 0.4) is 0 Å². The van der Waals surface area contributed by atoms with Crippen LogP contribution in [0, 0.1) is 6.92 Å². The molecule has 0 amide bonds. The Labute approximate surface area is 127 Å². The highest BCUT2D eigenvalue weighted by molar-refractivity contribution is 9.10. The molecule has 0 spiro atoms. The predicted molar refractivity (Wildman–Crippen MR) is 87.9 cm³/mol. The fourth-order valence-corrected chi connectivity index (χ4v) is 2.51. The minimum Gasteiger partial charge on any atom is -0.381 e. The highest BCUT2D eigenvalue weighted by Gasteiger charge is 2.02. The normalized spacial score (nSPS) is 10.7. The summed E-state index contributed by atoms with van der Waals surface area (Å²) in [5.74, 6) is 0. The summed E-state index contributed by atoms with van der Waals surface area (Å²) in [6, 6.07) is 16.6. The Balaban J connectivity index is 1.85. The van der Waals surface area contributed by atoms with Gasteiger partial charge in [-0.2, -0.15) is 0 Å². The van der Waals surface area contributed by atoms with Gasteiger partial charge in [-0.3, -0.25) is 4.98 Å². The fraction of sp³-hybridized carbons (Fsp3) is 0.118. The number of pyridine rings is 1. The van der Waals surface area contributed by atoms with Crippen molar-refractivity contribution < 1.29 is 0 Å². The fourth-order valence-electron chi connectivity index (χ4n) is 2.26. The largest absolute Gasteiger partial charge is 0.381 e. The number of benzene rings is 2. The van der Waals surface area contributed by atoms with Crippen molar-refractivity contribution in [3.63, 3.8) is 0 Å². The van der Waals surface area contributed by atoms with Crippen molar-refractivity contribution in [3.8, 4) is 0 Å². The minimum absolute atomic E-state index is 0.796. The molecule has 2 aromatic carbocycles. The molecule has 0 atom stereocenters. The number of para-hydroxylation sites is 1. The molecule has 0 saturated carbocycles. The molecule has 2 nitrogen and oxygen atoms in total. The Hall–Kier alpha value is -1.87. The molecule has 0 fully saturated rings. The summed E-state index contributed by atoms with van der Waals surface area (Å²) in [6.45, 7) is 2.89. The van der Waals surface area contributed by atoms with Crippen molar-refractivity contribution in [1.82, 2.24) is 4.98 Å². The van der Waals surface area contributed by atoms with E-state index in [0.717, 1.165) is 22.2 Å². The average Bonchev–Trinajstić information content (AvgIpc) is 2.48. The Kier molecular flexibility index (Phi) is 3.70. The number of fused-ring (bicyclic) bond motifs is 1. The maximum Gasteiger partial charge on any atom is 0.0705 e. The molecule has 0 aliphatic rings. The Bertz CT molecular complexity index is 748. The lowest BCUT2D eigenvalue weighted by atomic mass is 10.1. The van der Waals surface area contributed by atoms with Gasteiger partial charge in [-0.25, -0.2) is 0 Å². The van der Waals surface area contributed by atoms with Crippen LogP contribution in [-0.2, 0) is 6.54 Å². The number of aryl methyl sites for hydroxylation is 1. The molecule has 1 aromatic heterocycles. The number of halogens is 1. The van der Waals surface area contributed by atoms with Gasteiger partial charge in [0.05, 0.1) is 5.52 Å². The van der Waals surface area contributed by atoms with Crippen molar-refractivity contribution in [2.45, 2.75) is 13.5 Å². The van der Waals surface area contributed by atoms with Gasteiger partial charge in [0.15, 0.2) is 0 Å². The maximum absolute atomic E-state index is 4.39. The zero-order valence-electron chi connectivity index (χ0n) is 11.2. The maximum atomic E-state index is 4.39. The second kappa shape index (κ2) is 5.63. The Morgan fingerprint density at radius 3 is 2.80 bits per heavy atom. The molecule has 3 rings (SSSR count). The molecular formula is C17H15BrN2. The molecule has 3 heteroatoms. The van der Waals surface area contributed by atoms with E-state index in [1.165, 1.54) is 16.5 Å². The minimum atomic E-state index is 0.796. The lowest BCUT2D eigenvalue weighted by Gasteiger charge is -2.10. The van der Waals surface area contributed by atoms with Gasteiger partial charge in [-0.1, -0.05) is 34.1 Å². The van der Waals surface area contributed by atoms with E-state index in [4.69, 9.17) is 0 Å². The first kappa shape index (κ1) is 13.1. The second-order valence-corrected chi connectivity index (χ2v) is 5.66. The van der Waals surface area contributed by atoms with Crippen LogP contribution in [-0.4, -0.2) is 4.98 Å². The number of rotatable bonds is 3. The summed E-state index contributed by atoms with van der Waals surface area (Å²) in [6.07, 6.45) is 1.87. The summed E-state index contributed by atoms with van der Waals surface area (Å²) in [4.78, 5) is 4.39. The molecule has 100 valence electrons. The van der Waals surface area contributed by atoms with Crippen LogP contribution in [0.2, 0.25) is 0 Å². The first-order chi connectivity index (χ1) is 9.74. The molecule has 0 saturated heterocycles. The number of hydrogen-bond acceptors (Lipinski definition) is 2. The molecule has 1 heterocycles. The van der Waals surface area contributed by atoms with Gasteiger partial charge in [0.25, 0.3) is 0 Å². The Morgan fingerprint density at radius 2 is 1.95 bits per heavy atom. The van der Waals surface area contributed by atoms with Gasteiger partial charge in [0.1, 0.15) is 0 Å². The van der Waals surface area contributed by atoms with Crippen molar-refractivity contribution in [1.29, 1.82) is 0 Å². The number of anilines is 1. The van der Waals surface area contributed by atoms with Crippen LogP contribution in [0.4, 0.5) is 5.69 Å². The molecule has 0 aliphatic heterocycles. The number of nitrogens with one attached hydrogen (secondary N) is 1. The number of aromatic nitrogens is 1. The first-order valence-corrected chi connectivity index (χ1v) is 7.36. The van der Waals surface area contributed by atoms with Gasteiger partial charge in [-0.05, 0) is 48.4 Å². The third kappa shape index (κ3) is 2.68. The van der Waals surface area contributed by atoms with E-state index in [9.17, 15) is 0 Å². The van der Waals surface area contributed by atoms with Gasteiger partial charge in [-0.15, -0.1) is 0 Å². The predicted octanol–water partition coefficient (Wildman–Crippen LogP) is 4.92. The van der Waals surface area contributed by atoms with Gasteiger partial charge in [0, 0.05) is 28.3 Å². The van der Waals surface area contributed by atoms with E-state index in [1.54, 1.807) is 0 Å². The second-order valence-electron chi connectivity index (χ2n) is 4.80. The molecule has 20 heavy (non-hydrogen) atoms. The van der Waals surface area contributed by atoms with E-state index in [-0.39, 0.29) is 0 Å². The van der Waals surface area contributed by atoms with Crippen LogP contribution in [0.5, 0.6) is 0 Å². The lowest BCUT2D eigenvalue weighted by Crippen LogP contribution is -2.00. The standard InChI is InChI=1S/C17H15BrN2/c1-12-10-14(6-7-16(12)18)20-11-13-8-9-19-17-5-3-2-4-15(13)17/h2-10,20H,11H2,1H3. The van der Waals surface area contributed by atoms with E-state index >= 15 is 0 Å². The molecule has 1 N–H and O–H groups in total. The van der Waals surface area contributed by atoms with E-state index < -0.39 is 0 Å². The van der Waals surface area contributed by atoms with Crippen LogP contribution in [0.1, 0.15) is 11.1 Å². The highest BCUT2D eigenvalue weighted by Crippen LogP contribution is 2.22. The van der Waals surface area contributed by atoms with Crippen LogP contribution in [0.25, 0.3) is 10.9 Å². The van der Waals surface area contributed by atoms with Crippen molar-refractivity contribution in [3.05, 3.63) is 70.3 Å². The molecule has 0 radical (unpaired) electrons. The number of nitrogens with zero attached hydrogens (tertiary/aromatic N) is 1. The molecule has 3 aromatic rings. The quantitative estimate of drug-likeness (QED) is 0.739. The molecule has 0 aliphatic carbocycles. The SMILES string of the molecule is Cc1cc(NCc2ccnc3ccccc23)ccc1Br. The molecule has 0 unspecified atom stereocenters. The number of hydrogen-bond donors (Lipinski definition) is 1. The van der Waals surface area contributed by atoms with Crippen LogP contribution < -0.4 is 5.32 Å². The average molecular weight is 327 g/mol. The summed E-state index contributed by atoms with van der Waals surface area (Å²) in [7, 11) is 0. The van der Waals surface area contributed by atoms with Crippen molar-refractivity contribution in [2.75, 3.05) is 5.32 Å². The zero-order valence-corrected chi connectivity index (χ0v) is 12.8. The van der Waals surface area contributed by atoms with Gasteiger partial charge in [0.2, 0.25) is 0 Å². The van der Waals surface area contributed by atoms with Crippen LogP contribution >= 0.6 is 15.9 Å². The summed E-state index contributed by atoms with van der Waals surface area (Å²) >= 11 is 3.52. The van der Waals surface area contributed by atoms with E-state index in [1.807, 2.05) is 18.3 Å². The van der Waals surface area contributed by atoms with Crippen molar-refractivity contribution in [2.24, 2.45) is 0 Å². The van der Waals surface area contributed by atoms with E-state index in [0.29, 0.717) is 0 Å². The summed E-state index contributed by atoms with van der Waals surface area (Å²) < 4.78 is 1.14. The molecule has 0 bridgehead atoms. The smallest absolute Gasteiger partial charge is 0.0705 e. The van der Waals surface area contributed by atoms with Crippen LogP contribution in [0.15, 0.2) is 59.2 Å². The topological polar surface area (TPSA) is 24.9 Å². The van der Waals surface area contributed by atoms with Crippen molar-refractivity contribution >= 4 is 32.5 Å². The third-order valence-electron chi connectivity index (χ3n) is 3.38. The first-order valence-electron chi connectivity index (χ1n) is 6.57. The lowest BCUT2D eigenvalue weighted by molar-refractivity contribution is 1.15. The summed E-state index contributed by atoms with van der Waals surface area (Å²) in [5.41, 5.74) is 4.66. The zero-order chi connectivity index (χ0) is 13.9. The molecular weight excluding hydrogens is 312 g/mol. The highest BCUT2D eigenvalue weighted by atomic mass is 79.9. The van der Waals surface area contributed by atoms with Gasteiger partial charge < -0.3 is 5.32 Å². The summed E-state index contributed by atoms with van der Waals surface area (Å²) in [5, 5.41) is 4.68. The monoisotopic (exact) mass is 326 g/mol.